The summed E-state index contributed by atoms with van der Waals surface area (Å²) in [6.07, 6.45) is 0. The minimum atomic E-state index is 1.09. The lowest BCUT2D eigenvalue weighted by Gasteiger charge is -2.26. The SMILES string of the molecule is c1ccc(-c2cccc(-c3ccccc3)c2-c2ccc3c(c2)c2cc4c5ccc(N(c6ccccc6)c6ccccc6)cc5c5ccc(-c6c(-c7ccccc7)cccc6-c6ccccc6)cc5c4cc2c2ccc(N(c4ccccc4)c4ccccc4)cc32)cc1. The van der Waals surface area contributed by atoms with Crippen molar-refractivity contribution in [1.82, 2.24) is 0 Å². The molecule has 17 aromatic rings. The molecule has 17 rings (SSSR count). The Morgan fingerprint density at radius 1 is 0.130 bits per heavy atom. The summed E-state index contributed by atoms with van der Waals surface area (Å²) in [5.41, 5.74) is 20.8. The zero-order chi connectivity index (χ0) is 60.9. The molecule has 0 unspecified atom stereocenters. The number of fused-ring (bicyclic) bond motifs is 12. The first-order chi connectivity index (χ1) is 45.7. The van der Waals surface area contributed by atoms with Crippen molar-refractivity contribution < 1.29 is 0 Å². The van der Waals surface area contributed by atoms with Crippen LogP contribution < -0.4 is 9.80 Å². The highest BCUT2D eigenvalue weighted by molar-refractivity contribution is 6.34. The number of benzene rings is 17. The molecule has 0 aliphatic rings. The van der Waals surface area contributed by atoms with Crippen LogP contribution in [0.3, 0.4) is 0 Å². The number of para-hydroxylation sites is 4. The van der Waals surface area contributed by atoms with Gasteiger partial charge in [0.1, 0.15) is 0 Å². The van der Waals surface area contributed by atoms with Crippen LogP contribution in [0.1, 0.15) is 0 Å². The third-order valence-corrected chi connectivity index (χ3v) is 18.6. The zero-order valence-corrected chi connectivity index (χ0v) is 50.5. The molecule has 0 amide bonds. The molecule has 0 heterocycles. The van der Waals surface area contributed by atoms with E-state index in [1.807, 2.05) is 0 Å². The van der Waals surface area contributed by atoms with Gasteiger partial charge in [0, 0.05) is 34.1 Å². The molecule has 0 spiro atoms. The van der Waals surface area contributed by atoms with E-state index in [0.717, 1.165) is 45.3 Å². The maximum absolute atomic E-state index is 2.54. The van der Waals surface area contributed by atoms with E-state index in [0.29, 0.717) is 0 Å². The summed E-state index contributed by atoms with van der Waals surface area (Å²) in [5, 5.41) is 14.4. The van der Waals surface area contributed by atoms with Crippen LogP contribution in [0.25, 0.3) is 131 Å². The van der Waals surface area contributed by atoms with Gasteiger partial charge in [-0.05, 0) is 228 Å². The van der Waals surface area contributed by atoms with Crippen LogP contribution >= 0.6 is 0 Å². The first-order valence-electron chi connectivity index (χ1n) is 31.7. The number of rotatable bonds is 12. The normalized spacial score (nSPS) is 11.5. The van der Waals surface area contributed by atoms with Gasteiger partial charge in [-0.3, -0.25) is 0 Å². The maximum Gasteiger partial charge on any atom is 0.0468 e. The second-order valence-electron chi connectivity index (χ2n) is 23.9. The third-order valence-electron chi connectivity index (χ3n) is 18.6. The summed E-state index contributed by atoms with van der Waals surface area (Å²) in [4.78, 5) is 4.77. The Labute approximate surface area is 536 Å². The molecule has 0 atom stereocenters. The molecular formula is C90H60N2. The standard InChI is InChI=1S/C90H60N2/c1-9-27-61(28-10-1)73-43-25-44-74(62-29-11-2-12-30-62)89(73)65-47-51-77-81(55-65)87-59-86-80-54-50-72(92(69-39-21-7-22-40-69)70-41-23-8-24-42-70)58-84(80)78-52-48-66(90-75(63-31-13-3-14-32-63)45-26-46-76(90)64-33-15-4-16-34-64)56-82(78)88(86)60-85(87)79-53-49-71(57-83(77)79)91(67-35-17-5-18-36-67)68-37-19-6-20-38-68/h1-60H. The second-order valence-corrected chi connectivity index (χ2v) is 23.9. The second kappa shape index (κ2) is 23.1. The summed E-state index contributed by atoms with van der Waals surface area (Å²) in [6, 6.07) is 134. The van der Waals surface area contributed by atoms with Crippen LogP contribution in [-0.4, -0.2) is 0 Å². The average molecular weight is 1170 g/mol. The summed E-state index contributed by atoms with van der Waals surface area (Å²) in [6.45, 7) is 0. The van der Waals surface area contributed by atoms with Gasteiger partial charge in [0.05, 0.1) is 0 Å². The van der Waals surface area contributed by atoms with E-state index in [1.165, 1.54) is 120 Å². The molecule has 2 heteroatoms. The van der Waals surface area contributed by atoms with Gasteiger partial charge < -0.3 is 9.80 Å². The van der Waals surface area contributed by atoms with Crippen LogP contribution in [0, 0.1) is 0 Å². The van der Waals surface area contributed by atoms with E-state index in [2.05, 4.69) is 374 Å². The van der Waals surface area contributed by atoms with E-state index in [9.17, 15) is 0 Å². The predicted octanol–water partition coefficient (Wildman–Crippen LogP) is 25.5. The van der Waals surface area contributed by atoms with E-state index < -0.39 is 0 Å². The fourth-order valence-electron chi connectivity index (χ4n) is 14.4. The monoisotopic (exact) mass is 1170 g/mol. The Kier molecular flexibility index (Phi) is 13.6. The molecule has 0 bridgehead atoms. The van der Waals surface area contributed by atoms with Crippen LogP contribution in [-0.2, 0) is 0 Å². The van der Waals surface area contributed by atoms with Gasteiger partial charge >= 0.3 is 0 Å². The van der Waals surface area contributed by atoms with Crippen LogP contribution in [0.4, 0.5) is 34.1 Å². The van der Waals surface area contributed by atoms with Crippen LogP contribution in [0.2, 0.25) is 0 Å². The third kappa shape index (κ3) is 9.53. The molecule has 0 aromatic heterocycles. The van der Waals surface area contributed by atoms with E-state index in [1.54, 1.807) is 0 Å². The molecule has 0 N–H and O–H groups in total. The van der Waals surface area contributed by atoms with E-state index >= 15 is 0 Å². The average Bonchev–Trinajstić information content (AvgIpc) is 0.713. The molecule has 0 aliphatic carbocycles. The highest BCUT2D eigenvalue weighted by atomic mass is 15.1. The van der Waals surface area contributed by atoms with Crippen molar-refractivity contribution in [1.29, 1.82) is 0 Å². The van der Waals surface area contributed by atoms with Gasteiger partial charge in [0.2, 0.25) is 0 Å². The Morgan fingerprint density at radius 3 is 0.641 bits per heavy atom. The number of anilines is 6. The molecule has 92 heavy (non-hydrogen) atoms. The smallest absolute Gasteiger partial charge is 0.0468 e. The van der Waals surface area contributed by atoms with Crippen molar-refractivity contribution in [2.45, 2.75) is 0 Å². The number of hydrogen-bond donors (Lipinski definition) is 0. The van der Waals surface area contributed by atoms with E-state index in [-0.39, 0.29) is 0 Å². The Morgan fingerprint density at radius 2 is 0.359 bits per heavy atom. The minimum absolute atomic E-state index is 1.09. The number of hydrogen-bond acceptors (Lipinski definition) is 2. The van der Waals surface area contributed by atoms with Crippen LogP contribution in [0.5, 0.6) is 0 Å². The number of nitrogens with zero attached hydrogens (tertiary/aromatic N) is 2. The maximum atomic E-state index is 2.54. The lowest BCUT2D eigenvalue weighted by atomic mass is 9.84. The zero-order valence-electron chi connectivity index (χ0n) is 50.5. The van der Waals surface area contributed by atoms with Crippen molar-refractivity contribution in [3.63, 3.8) is 0 Å². The first kappa shape index (κ1) is 54.1. The van der Waals surface area contributed by atoms with Gasteiger partial charge in [-0.25, -0.2) is 0 Å². The van der Waals surface area contributed by atoms with Crippen molar-refractivity contribution >= 4 is 98.8 Å². The van der Waals surface area contributed by atoms with E-state index in [4.69, 9.17) is 0 Å². The fourth-order valence-corrected chi connectivity index (χ4v) is 14.4. The lowest BCUT2D eigenvalue weighted by Crippen LogP contribution is -2.09. The predicted molar refractivity (Wildman–Crippen MR) is 393 cm³/mol. The molecule has 2 nitrogen and oxygen atoms in total. The van der Waals surface area contributed by atoms with Gasteiger partial charge in [0.15, 0.2) is 0 Å². The van der Waals surface area contributed by atoms with Crippen molar-refractivity contribution in [2.75, 3.05) is 9.80 Å². The lowest BCUT2D eigenvalue weighted by molar-refractivity contribution is 1.29. The van der Waals surface area contributed by atoms with Crippen molar-refractivity contribution in [3.8, 4) is 66.8 Å². The highest BCUT2D eigenvalue weighted by Crippen LogP contribution is 2.50. The molecule has 0 aliphatic heterocycles. The van der Waals surface area contributed by atoms with Crippen LogP contribution in [0.15, 0.2) is 364 Å². The molecule has 430 valence electrons. The van der Waals surface area contributed by atoms with Gasteiger partial charge in [-0.15, -0.1) is 0 Å². The van der Waals surface area contributed by atoms with Gasteiger partial charge in [0.25, 0.3) is 0 Å². The minimum Gasteiger partial charge on any atom is -0.310 e. The summed E-state index contributed by atoms with van der Waals surface area (Å²) in [7, 11) is 0. The fraction of sp³-hybridized carbons (Fsp3) is 0. The molecule has 0 saturated carbocycles. The Balaban J connectivity index is 1.01. The van der Waals surface area contributed by atoms with Gasteiger partial charge in [-0.2, -0.15) is 0 Å². The molecule has 0 saturated heterocycles. The quantitative estimate of drug-likeness (QED) is 0.0889. The topological polar surface area (TPSA) is 6.48 Å². The van der Waals surface area contributed by atoms with Crippen molar-refractivity contribution in [2.24, 2.45) is 0 Å². The summed E-state index contributed by atoms with van der Waals surface area (Å²) in [5.74, 6) is 0. The first-order valence-corrected chi connectivity index (χ1v) is 31.7. The molecule has 0 fully saturated rings. The molecule has 17 aromatic carbocycles. The molecular weight excluding hydrogens is 1110 g/mol. The Hall–Kier alpha value is -12.1. The highest BCUT2D eigenvalue weighted by Gasteiger charge is 2.23. The van der Waals surface area contributed by atoms with Gasteiger partial charge in [-0.1, -0.05) is 267 Å². The van der Waals surface area contributed by atoms with Crippen molar-refractivity contribution in [3.05, 3.63) is 364 Å². The largest absolute Gasteiger partial charge is 0.310 e. The summed E-state index contributed by atoms with van der Waals surface area (Å²) >= 11 is 0. The molecule has 0 radical (unpaired) electrons. The summed E-state index contributed by atoms with van der Waals surface area (Å²) < 4.78 is 0. The Bertz CT molecular complexity index is 5040.